The highest BCUT2D eigenvalue weighted by molar-refractivity contribution is 5.01. The van der Waals surface area contributed by atoms with E-state index < -0.39 is 0 Å². The van der Waals surface area contributed by atoms with Gasteiger partial charge in [0.25, 0.3) is 0 Å². The third-order valence-electron chi connectivity index (χ3n) is 3.05. The third-order valence-corrected chi connectivity index (χ3v) is 3.05. The van der Waals surface area contributed by atoms with Crippen LogP contribution < -0.4 is 5.73 Å². The summed E-state index contributed by atoms with van der Waals surface area (Å²) in [6.07, 6.45) is 7.61. The van der Waals surface area contributed by atoms with Crippen molar-refractivity contribution in [1.29, 1.82) is 0 Å². The Morgan fingerprint density at radius 2 is 1.64 bits per heavy atom. The Morgan fingerprint density at radius 1 is 1.18 bits per heavy atom. The lowest BCUT2D eigenvalue weighted by molar-refractivity contribution is 0.368. The summed E-state index contributed by atoms with van der Waals surface area (Å²) in [6.45, 7) is 3.78. The molecule has 2 N–H and O–H groups in total. The van der Waals surface area contributed by atoms with E-state index in [2.05, 4.69) is 6.58 Å². The molecular formula is C10H17N. The second-order valence-electron chi connectivity index (χ2n) is 4.07. The van der Waals surface area contributed by atoms with E-state index in [9.17, 15) is 0 Å². The molecule has 0 aliphatic heterocycles. The Kier molecular flexibility index (Phi) is 1.76. The number of hydrogen-bond acceptors (Lipinski definition) is 1. The van der Waals surface area contributed by atoms with Crippen LogP contribution in [0.4, 0.5) is 0 Å². The minimum atomic E-state index is 0.273. The van der Waals surface area contributed by atoms with Crippen LogP contribution in [0.3, 0.4) is 0 Å². The minimum Gasteiger partial charge on any atom is -0.324 e. The molecule has 0 amide bonds. The zero-order valence-electron chi connectivity index (χ0n) is 7.00. The van der Waals surface area contributed by atoms with Crippen LogP contribution in [0, 0.1) is 17.8 Å². The van der Waals surface area contributed by atoms with Crippen molar-refractivity contribution < 1.29 is 0 Å². The van der Waals surface area contributed by atoms with Crippen molar-refractivity contribution in [2.24, 2.45) is 23.5 Å². The van der Waals surface area contributed by atoms with Gasteiger partial charge in [-0.05, 0) is 43.4 Å². The molecule has 1 unspecified atom stereocenters. The first kappa shape index (κ1) is 7.35. The maximum absolute atomic E-state index is 5.98. The van der Waals surface area contributed by atoms with Gasteiger partial charge in [0.15, 0.2) is 0 Å². The van der Waals surface area contributed by atoms with Crippen molar-refractivity contribution in [3.05, 3.63) is 12.7 Å². The molecule has 0 heterocycles. The summed E-state index contributed by atoms with van der Waals surface area (Å²) < 4.78 is 0. The summed E-state index contributed by atoms with van der Waals surface area (Å²) in [6, 6.07) is 0.273. The molecule has 0 aromatic carbocycles. The Hall–Kier alpha value is -0.300. The van der Waals surface area contributed by atoms with E-state index in [1.54, 1.807) is 0 Å². The second kappa shape index (κ2) is 2.63. The summed E-state index contributed by atoms with van der Waals surface area (Å²) in [5.74, 6) is 2.69. The molecule has 2 aliphatic rings. The van der Waals surface area contributed by atoms with Crippen LogP contribution in [-0.4, -0.2) is 6.04 Å². The first-order chi connectivity index (χ1) is 5.33. The van der Waals surface area contributed by atoms with E-state index >= 15 is 0 Å². The van der Waals surface area contributed by atoms with Crippen LogP contribution in [0.15, 0.2) is 12.7 Å². The third kappa shape index (κ3) is 1.48. The number of hydrogen-bond donors (Lipinski definition) is 1. The summed E-state index contributed by atoms with van der Waals surface area (Å²) in [5, 5.41) is 0. The molecule has 0 aromatic heterocycles. The summed E-state index contributed by atoms with van der Waals surface area (Å²) in [4.78, 5) is 0. The smallest absolute Gasteiger partial charge is 0.0255 e. The van der Waals surface area contributed by atoms with Crippen LogP contribution in [0.1, 0.15) is 25.7 Å². The SMILES string of the molecule is C=CC(N)C(C1CC1)C1CC1. The van der Waals surface area contributed by atoms with Gasteiger partial charge < -0.3 is 5.73 Å². The summed E-state index contributed by atoms with van der Waals surface area (Å²) >= 11 is 0. The molecule has 2 rings (SSSR count). The van der Waals surface area contributed by atoms with Gasteiger partial charge >= 0.3 is 0 Å². The topological polar surface area (TPSA) is 26.0 Å². The van der Waals surface area contributed by atoms with Crippen LogP contribution in [-0.2, 0) is 0 Å². The van der Waals surface area contributed by atoms with Gasteiger partial charge in [0, 0.05) is 6.04 Å². The van der Waals surface area contributed by atoms with Crippen molar-refractivity contribution in [1.82, 2.24) is 0 Å². The Balaban J connectivity index is 1.95. The van der Waals surface area contributed by atoms with Crippen molar-refractivity contribution in [2.45, 2.75) is 31.7 Å². The van der Waals surface area contributed by atoms with E-state index in [0.717, 1.165) is 17.8 Å². The fourth-order valence-electron chi connectivity index (χ4n) is 2.13. The highest BCUT2D eigenvalue weighted by atomic mass is 14.7. The number of nitrogens with two attached hydrogens (primary N) is 1. The van der Waals surface area contributed by atoms with Gasteiger partial charge in [0.2, 0.25) is 0 Å². The van der Waals surface area contributed by atoms with Crippen LogP contribution in [0.5, 0.6) is 0 Å². The molecule has 2 saturated carbocycles. The van der Waals surface area contributed by atoms with Gasteiger partial charge in [0.05, 0.1) is 0 Å². The Bertz CT molecular complexity index is 144. The van der Waals surface area contributed by atoms with Crippen LogP contribution >= 0.6 is 0 Å². The summed E-state index contributed by atoms with van der Waals surface area (Å²) in [7, 11) is 0. The van der Waals surface area contributed by atoms with E-state index in [4.69, 9.17) is 5.73 Å². The van der Waals surface area contributed by atoms with E-state index in [1.807, 2.05) is 6.08 Å². The predicted octanol–water partition coefficient (Wildman–Crippen LogP) is 1.94. The first-order valence-corrected chi connectivity index (χ1v) is 4.71. The molecule has 0 bridgehead atoms. The maximum Gasteiger partial charge on any atom is 0.0255 e. The Morgan fingerprint density at radius 3 is 1.91 bits per heavy atom. The van der Waals surface area contributed by atoms with Gasteiger partial charge in [-0.25, -0.2) is 0 Å². The quantitative estimate of drug-likeness (QED) is 0.610. The van der Waals surface area contributed by atoms with E-state index in [-0.39, 0.29) is 6.04 Å². The number of rotatable bonds is 4. The maximum atomic E-state index is 5.98. The normalized spacial score (nSPS) is 27.1. The van der Waals surface area contributed by atoms with Crippen LogP contribution in [0.2, 0.25) is 0 Å². The minimum absolute atomic E-state index is 0.273. The molecule has 1 atom stereocenters. The molecule has 2 fully saturated rings. The lowest BCUT2D eigenvalue weighted by Crippen LogP contribution is -2.30. The molecule has 62 valence electrons. The van der Waals surface area contributed by atoms with Crippen molar-refractivity contribution in [3.8, 4) is 0 Å². The Labute approximate surface area is 68.7 Å². The highest BCUT2D eigenvalue weighted by Gasteiger charge is 2.43. The molecule has 1 heteroatoms. The molecule has 1 nitrogen and oxygen atoms in total. The molecule has 0 aromatic rings. The monoisotopic (exact) mass is 151 g/mol. The van der Waals surface area contributed by atoms with Crippen molar-refractivity contribution in [3.63, 3.8) is 0 Å². The summed E-state index contributed by atoms with van der Waals surface area (Å²) in [5.41, 5.74) is 5.98. The van der Waals surface area contributed by atoms with Gasteiger partial charge in [-0.15, -0.1) is 6.58 Å². The van der Waals surface area contributed by atoms with E-state index in [0.29, 0.717) is 0 Å². The lowest BCUT2D eigenvalue weighted by atomic mass is 9.90. The van der Waals surface area contributed by atoms with Gasteiger partial charge in [-0.3, -0.25) is 0 Å². The second-order valence-corrected chi connectivity index (χ2v) is 4.07. The molecular weight excluding hydrogens is 134 g/mol. The zero-order valence-corrected chi connectivity index (χ0v) is 7.00. The largest absolute Gasteiger partial charge is 0.324 e. The molecule has 11 heavy (non-hydrogen) atoms. The fraction of sp³-hybridized carbons (Fsp3) is 0.800. The lowest BCUT2D eigenvalue weighted by Gasteiger charge is -2.19. The predicted molar refractivity (Wildman–Crippen MR) is 47.1 cm³/mol. The molecule has 0 spiro atoms. The first-order valence-electron chi connectivity index (χ1n) is 4.71. The van der Waals surface area contributed by atoms with Gasteiger partial charge in [0.1, 0.15) is 0 Å². The van der Waals surface area contributed by atoms with Gasteiger partial charge in [-0.2, -0.15) is 0 Å². The fourth-order valence-corrected chi connectivity index (χ4v) is 2.13. The van der Waals surface area contributed by atoms with E-state index in [1.165, 1.54) is 25.7 Å². The molecule has 0 radical (unpaired) electrons. The highest BCUT2D eigenvalue weighted by Crippen LogP contribution is 2.50. The zero-order chi connectivity index (χ0) is 7.84. The van der Waals surface area contributed by atoms with Crippen molar-refractivity contribution in [2.75, 3.05) is 0 Å². The standard InChI is InChI=1S/C10H17N/c1-2-9(11)10(7-3-4-7)8-5-6-8/h2,7-10H,1,3-6,11H2. The molecule has 0 saturated heterocycles. The van der Waals surface area contributed by atoms with Crippen LogP contribution in [0.25, 0.3) is 0 Å². The molecule has 2 aliphatic carbocycles. The van der Waals surface area contributed by atoms with Crippen molar-refractivity contribution >= 4 is 0 Å². The average Bonchev–Trinajstić information content (AvgIpc) is 2.81. The van der Waals surface area contributed by atoms with Gasteiger partial charge in [-0.1, -0.05) is 6.08 Å². The average molecular weight is 151 g/mol.